The van der Waals surface area contributed by atoms with Gasteiger partial charge in [0, 0.05) is 20.4 Å². The van der Waals surface area contributed by atoms with E-state index in [1.165, 1.54) is 83.3 Å². The van der Waals surface area contributed by atoms with Gasteiger partial charge in [0.15, 0.2) is 7.49 Å². The number of nitrogens with two attached hydrogens (primary N) is 1. The van der Waals surface area contributed by atoms with Crippen LogP contribution in [0.2, 0.25) is 0 Å². The Hall–Kier alpha value is -0.758. The molecule has 8 saturated carbocycles. The van der Waals surface area contributed by atoms with Crippen LogP contribution in [0.15, 0.2) is 48.5 Å². The van der Waals surface area contributed by atoms with E-state index in [0.29, 0.717) is 0 Å². The minimum atomic E-state index is -3.45. The summed E-state index contributed by atoms with van der Waals surface area (Å²) in [6.07, 6.45) is 21.1. The van der Waals surface area contributed by atoms with Gasteiger partial charge in [-0.2, -0.15) is 8.42 Å². The van der Waals surface area contributed by atoms with Crippen molar-refractivity contribution < 1.29 is 32.8 Å². The molecule has 244 valence electrons. The molecule has 8 aliphatic rings. The molecule has 8 aliphatic carbocycles. The smallest absolute Gasteiger partial charge is 0.296 e. The minimum Gasteiger partial charge on any atom is -0.406 e. The van der Waals surface area contributed by atoms with E-state index in [1.54, 1.807) is 0 Å². The van der Waals surface area contributed by atoms with Crippen LogP contribution in [0, 0.1) is 41.6 Å². The Balaban J connectivity index is 0.000000207. The zero-order valence-corrected chi connectivity index (χ0v) is 29.9. The van der Waals surface area contributed by atoms with E-state index in [2.05, 4.69) is 13.0 Å². The maximum Gasteiger partial charge on any atom is 0.296 e. The van der Waals surface area contributed by atoms with Crippen molar-refractivity contribution in [2.45, 2.75) is 107 Å². The molecule has 44 heavy (non-hydrogen) atoms. The Bertz CT molecular complexity index is 1300. The monoisotopic (exact) mass is 727 g/mol. The van der Waals surface area contributed by atoms with Crippen LogP contribution in [0.3, 0.4) is 0 Å². The molecule has 2 N–H and O–H groups in total. The van der Waals surface area contributed by atoms with Crippen molar-refractivity contribution in [2.24, 2.45) is 35.5 Å². The summed E-state index contributed by atoms with van der Waals surface area (Å²) in [6, 6.07) is 18.8. The third kappa shape index (κ3) is 6.03. The molecule has 0 aromatic heterocycles. The SMILES string of the molecule is CCCC[P+](OS(C)(=O)=O)(C12CC3CC(CC(C3)C1)C2)C12CC3CC(CC(C3)C1)C2.Nc1ccccc1-c1[c-]cccc1.[Pd]. The van der Waals surface area contributed by atoms with E-state index >= 15 is 0 Å². The molecule has 0 heterocycles. The van der Waals surface area contributed by atoms with Gasteiger partial charge in [-0.05, 0) is 131 Å². The Morgan fingerprint density at radius 3 is 1.64 bits per heavy atom. The van der Waals surface area contributed by atoms with Crippen LogP contribution in [0.1, 0.15) is 96.8 Å². The molecule has 7 heteroatoms. The number of hydrogen-bond acceptors (Lipinski definition) is 4. The molecule has 4 nitrogen and oxygen atoms in total. The third-order valence-electron chi connectivity index (χ3n) is 12.6. The van der Waals surface area contributed by atoms with E-state index in [-0.39, 0.29) is 30.7 Å². The van der Waals surface area contributed by atoms with Crippen LogP contribution in [0.5, 0.6) is 0 Å². The van der Waals surface area contributed by atoms with E-state index < -0.39 is 17.6 Å². The van der Waals surface area contributed by atoms with Gasteiger partial charge in [0.1, 0.15) is 10.3 Å². The normalized spacial score (nSPS) is 37.5. The summed E-state index contributed by atoms with van der Waals surface area (Å²) < 4.78 is 32.8. The van der Waals surface area contributed by atoms with Crippen LogP contribution >= 0.6 is 7.49 Å². The van der Waals surface area contributed by atoms with Gasteiger partial charge in [-0.25, -0.2) is 0 Å². The molecule has 8 fully saturated rings. The summed E-state index contributed by atoms with van der Waals surface area (Å²) in [6.45, 7) is 2.29. The number of para-hydroxylation sites is 1. The predicted molar refractivity (Wildman–Crippen MR) is 180 cm³/mol. The predicted octanol–water partition coefficient (Wildman–Crippen LogP) is 9.37. The summed E-state index contributed by atoms with van der Waals surface area (Å²) in [7, 11) is -5.57. The van der Waals surface area contributed by atoms with Crippen LogP contribution < -0.4 is 5.73 Å². The van der Waals surface area contributed by atoms with E-state index in [1.807, 2.05) is 48.5 Å². The number of rotatable bonds is 8. The van der Waals surface area contributed by atoms with Crippen LogP contribution in [0.4, 0.5) is 5.69 Å². The van der Waals surface area contributed by atoms with Gasteiger partial charge in [-0.3, -0.25) is 0 Å². The van der Waals surface area contributed by atoms with Gasteiger partial charge in [-0.15, -0.1) is 39.9 Å². The van der Waals surface area contributed by atoms with E-state index in [9.17, 15) is 8.42 Å². The Morgan fingerprint density at radius 2 is 1.25 bits per heavy atom. The van der Waals surface area contributed by atoms with Crippen LogP contribution in [0.25, 0.3) is 11.1 Å². The van der Waals surface area contributed by atoms with E-state index in [4.69, 9.17) is 9.70 Å². The summed E-state index contributed by atoms with van der Waals surface area (Å²) >= 11 is 0. The molecule has 2 aromatic carbocycles. The molecule has 0 amide bonds. The third-order valence-corrected chi connectivity index (χ3v) is 19.8. The Kier molecular flexibility index (Phi) is 9.56. The second kappa shape index (κ2) is 12.7. The quantitative estimate of drug-likeness (QED) is 0.127. The van der Waals surface area contributed by atoms with Crippen molar-refractivity contribution in [1.82, 2.24) is 0 Å². The standard InChI is InChI=1S/C25H42O3PS.C12H10N.Pd/c1-3-4-5-29(28-30(2,26)27,24-12-18-6-19(13-24)8-20(7-18)14-24)25-15-21-9-22(16-25)11-23(10-21)17-25;13-12-9-5-4-8-11(12)10-6-2-1-3-7-10;/h18-23H,3-17H2,1-2H3;1-6,8-9H,13H2;/q+1;-1;. The zero-order chi connectivity index (χ0) is 29.9. The topological polar surface area (TPSA) is 69.4 Å². The number of unbranched alkanes of at least 4 members (excludes halogenated alkanes) is 1. The average Bonchev–Trinajstić information content (AvgIpc) is 2.94. The van der Waals surface area contributed by atoms with Crippen molar-refractivity contribution in [3.63, 3.8) is 0 Å². The fraction of sp³-hybridized carbons (Fsp3) is 0.676. The molecule has 0 saturated heterocycles. The average molecular weight is 728 g/mol. The maximum atomic E-state index is 13.0. The van der Waals surface area contributed by atoms with Crippen molar-refractivity contribution in [3.8, 4) is 11.1 Å². The number of nitrogen functional groups attached to an aromatic ring is 1. The minimum absolute atomic E-state index is 0. The van der Waals surface area contributed by atoms with Gasteiger partial charge in [0.2, 0.25) is 0 Å². The molecule has 0 spiro atoms. The van der Waals surface area contributed by atoms with Gasteiger partial charge in [-0.1, -0.05) is 37.1 Å². The second-order valence-corrected chi connectivity index (χ2v) is 21.6. The summed E-state index contributed by atoms with van der Waals surface area (Å²) in [5, 5.41) is 0.456. The molecule has 10 rings (SSSR count). The molecule has 8 bridgehead atoms. The fourth-order valence-corrected chi connectivity index (χ4v) is 21.5. The molecular formula is C37H52NO3PPdS. The van der Waals surface area contributed by atoms with Gasteiger partial charge >= 0.3 is 0 Å². The molecule has 0 atom stereocenters. The molecule has 0 aliphatic heterocycles. The second-order valence-electron chi connectivity index (χ2n) is 15.7. The summed E-state index contributed by atoms with van der Waals surface area (Å²) in [5.41, 5.74) is 8.72. The summed E-state index contributed by atoms with van der Waals surface area (Å²) in [5.74, 6) is 5.14. The maximum absolute atomic E-state index is 13.0. The van der Waals surface area contributed by atoms with Crippen molar-refractivity contribution >= 4 is 23.3 Å². The number of benzene rings is 2. The fourth-order valence-electron chi connectivity index (χ4n) is 12.1. The first-order chi connectivity index (χ1) is 20.6. The molecule has 0 radical (unpaired) electrons. The van der Waals surface area contributed by atoms with Crippen LogP contribution in [-0.4, -0.2) is 31.1 Å². The zero-order valence-electron chi connectivity index (χ0n) is 26.7. The first-order valence-corrected chi connectivity index (χ1v) is 20.9. The number of hydrogen-bond donors (Lipinski definition) is 1. The largest absolute Gasteiger partial charge is 0.406 e. The first-order valence-electron chi connectivity index (χ1n) is 17.2. The Labute approximate surface area is 281 Å². The van der Waals surface area contributed by atoms with Crippen molar-refractivity contribution in [1.29, 1.82) is 0 Å². The van der Waals surface area contributed by atoms with E-state index in [0.717, 1.165) is 71.3 Å². The van der Waals surface area contributed by atoms with Crippen molar-refractivity contribution in [2.75, 3.05) is 18.2 Å². The Morgan fingerprint density at radius 1 is 0.795 bits per heavy atom. The van der Waals surface area contributed by atoms with Gasteiger partial charge in [0.05, 0.1) is 12.4 Å². The molecular weight excluding hydrogens is 676 g/mol. The van der Waals surface area contributed by atoms with Crippen molar-refractivity contribution in [3.05, 3.63) is 54.6 Å². The first kappa shape index (κ1) is 33.2. The van der Waals surface area contributed by atoms with Gasteiger partial charge < -0.3 is 5.73 Å². The summed E-state index contributed by atoms with van der Waals surface area (Å²) in [4.78, 5) is 0. The molecule has 2 aromatic rings. The number of anilines is 1. The van der Waals surface area contributed by atoms with Crippen LogP contribution in [-0.2, 0) is 34.5 Å². The van der Waals surface area contributed by atoms with Gasteiger partial charge in [0.25, 0.3) is 10.1 Å². The molecule has 0 unspecified atom stereocenters.